The maximum absolute atomic E-state index is 3.82. The van der Waals surface area contributed by atoms with Crippen molar-refractivity contribution in [1.29, 1.82) is 0 Å². The zero-order valence-electron chi connectivity index (χ0n) is 5.81. The number of aromatic amines is 1. The minimum Gasteiger partial charge on any atom is -0.285 e. The SMILES string of the molecule is c1cn(Cc2cn[nH]c2)nn1. The van der Waals surface area contributed by atoms with E-state index in [-0.39, 0.29) is 0 Å². The number of hydrogen-bond donors (Lipinski definition) is 1. The van der Waals surface area contributed by atoms with Gasteiger partial charge in [0.05, 0.1) is 18.9 Å². The van der Waals surface area contributed by atoms with Crippen molar-refractivity contribution in [1.82, 2.24) is 25.2 Å². The monoisotopic (exact) mass is 149 g/mol. The molecule has 0 aromatic carbocycles. The molecule has 5 heteroatoms. The molecule has 2 rings (SSSR count). The molecule has 0 saturated carbocycles. The van der Waals surface area contributed by atoms with Crippen LogP contribution < -0.4 is 0 Å². The lowest BCUT2D eigenvalue weighted by molar-refractivity contribution is 0.650. The van der Waals surface area contributed by atoms with E-state index in [4.69, 9.17) is 0 Å². The van der Waals surface area contributed by atoms with Gasteiger partial charge < -0.3 is 0 Å². The first-order chi connectivity index (χ1) is 5.45. The number of nitrogens with one attached hydrogen (secondary N) is 1. The van der Waals surface area contributed by atoms with Crippen molar-refractivity contribution in [3.63, 3.8) is 0 Å². The summed E-state index contributed by atoms with van der Waals surface area (Å²) in [6, 6.07) is 0. The van der Waals surface area contributed by atoms with Gasteiger partial charge in [0.25, 0.3) is 0 Å². The molecule has 11 heavy (non-hydrogen) atoms. The van der Waals surface area contributed by atoms with Crippen LogP contribution in [0.4, 0.5) is 0 Å². The van der Waals surface area contributed by atoms with Crippen LogP contribution in [-0.4, -0.2) is 25.2 Å². The number of nitrogens with zero attached hydrogens (tertiary/aromatic N) is 4. The Bertz CT molecular complexity index is 263. The van der Waals surface area contributed by atoms with Crippen molar-refractivity contribution < 1.29 is 0 Å². The quantitative estimate of drug-likeness (QED) is 0.656. The van der Waals surface area contributed by atoms with Crippen LogP contribution in [0.3, 0.4) is 0 Å². The average molecular weight is 149 g/mol. The fourth-order valence-electron chi connectivity index (χ4n) is 0.868. The van der Waals surface area contributed by atoms with Crippen LogP contribution in [0.15, 0.2) is 24.8 Å². The number of H-pyrrole nitrogens is 1. The van der Waals surface area contributed by atoms with Crippen LogP contribution in [0.2, 0.25) is 0 Å². The molecule has 0 fully saturated rings. The highest BCUT2D eigenvalue weighted by Crippen LogP contribution is 1.95. The summed E-state index contributed by atoms with van der Waals surface area (Å²) in [5, 5.41) is 14.0. The largest absolute Gasteiger partial charge is 0.285 e. The van der Waals surface area contributed by atoms with E-state index in [1.54, 1.807) is 17.1 Å². The highest BCUT2D eigenvalue weighted by Gasteiger charge is 1.94. The zero-order valence-corrected chi connectivity index (χ0v) is 5.81. The normalized spacial score (nSPS) is 10.2. The maximum Gasteiger partial charge on any atom is 0.0707 e. The second kappa shape index (κ2) is 2.53. The van der Waals surface area contributed by atoms with Gasteiger partial charge in [-0.3, -0.25) is 5.10 Å². The molecule has 0 aliphatic heterocycles. The molecular formula is C6H7N5. The van der Waals surface area contributed by atoms with E-state index < -0.39 is 0 Å². The topological polar surface area (TPSA) is 59.4 Å². The second-order valence-electron chi connectivity index (χ2n) is 2.21. The van der Waals surface area contributed by atoms with Gasteiger partial charge >= 0.3 is 0 Å². The average Bonchev–Trinajstić information content (AvgIpc) is 2.60. The lowest BCUT2D eigenvalue weighted by Gasteiger charge is -1.93. The summed E-state index contributed by atoms with van der Waals surface area (Å²) < 4.78 is 1.74. The molecule has 2 heterocycles. The molecule has 0 bridgehead atoms. The third-order valence-corrected chi connectivity index (χ3v) is 1.37. The van der Waals surface area contributed by atoms with Crippen molar-refractivity contribution in [3.05, 3.63) is 30.4 Å². The summed E-state index contributed by atoms with van der Waals surface area (Å²) in [7, 11) is 0. The van der Waals surface area contributed by atoms with Gasteiger partial charge in [-0.1, -0.05) is 5.21 Å². The summed E-state index contributed by atoms with van der Waals surface area (Å²) in [6.45, 7) is 0.719. The first kappa shape index (κ1) is 6.09. The van der Waals surface area contributed by atoms with Crippen LogP contribution >= 0.6 is 0 Å². The first-order valence-electron chi connectivity index (χ1n) is 3.27. The van der Waals surface area contributed by atoms with Gasteiger partial charge in [-0.25, -0.2) is 4.68 Å². The Hall–Kier alpha value is -1.65. The third kappa shape index (κ3) is 1.26. The molecule has 56 valence electrons. The molecule has 0 radical (unpaired) electrons. The zero-order chi connectivity index (χ0) is 7.52. The van der Waals surface area contributed by atoms with Crippen LogP contribution in [0, 0.1) is 0 Å². The minimum absolute atomic E-state index is 0.719. The number of rotatable bonds is 2. The highest BCUT2D eigenvalue weighted by atomic mass is 15.4. The lowest BCUT2D eigenvalue weighted by atomic mass is 10.4. The Morgan fingerprint density at radius 2 is 2.55 bits per heavy atom. The molecule has 0 aliphatic carbocycles. The Kier molecular flexibility index (Phi) is 1.40. The maximum atomic E-state index is 3.82. The third-order valence-electron chi connectivity index (χ3n) is 1.37. The van der Waals surface area contributed by atoms with Gasteiger partial charge in [-0.15, -0.1) is 5.10 Å². The molecule has 1 N–H and O–H groups in total. The standard InChI is InChI=1S/C6H7N5/c1-2-11(10-7-1)5-6-3-8-9-4-6/h1-4H,5H2,(H,8,9). The fraction of sp³-hybridized carbons (Fsp3) is 0.167. The van der Waals surface area contributed by atoms with Crippen LogP contribution in [0.5, 0.6) is 0 Å². The van der Waals surface area contributed by atoms with Crippen molar-refractivity contribution in [2.75, 3.05) is 0 Å². The molecule has 0 amide bonds. The van der Waals surface area contributed by atoms with E-state index in [2.05, 4.69) is 20.5 Å². The van der Waals surface area contributed by atoms with Gasteiger partial charge in [0.2, 0.25) is 0 Å². The predicted molar refractivity (Wildman–Crippen MR) is 37.7 cm³/mol. The predicted octanol–water partition coefficient (Wildman–Crippen LogP) is 0.0495. The molecular weight excluding hydrogens is 142 g/mol. The van der Waals surface area contributed by atoms with E-state index in [0.717, 1.165) is 12.1 Å². The summed E-state index contributed by atoms with van der Waals surface area (Å²) in [5.74, 6) is 0. The van der Waals surface area contributed by atoms with Gasteiger partial charge in [0.15, 0.2) is 0 Å². The van der Waals surface area contributed by atoms with E-state index in [9.17, 15) is 0 Å². The van der Waals surface area contributed by atoms with Gasteiger partial charge in [0.1, 0.15) is 0 Å². The van der Waals surface area contributed by atoms with E-state index in [1.807, 2.05) is 12.4 Å². The van der Waals surface area contributed by atoms with E-state index in [0.29, 0.717) is 0 Å². The highest BCUT2D eigenvalue weighted by molar-refractivity contribution is 5.02. The Balaban J connectivity index is 2.14. The molecule has 0 aliphatic rings. The molecule has 0 atom stereocenters. The van der Waals surface area contributed by atoms with Crippen molar-refractivity contribution in [3.8, 4) is 0 Å². The molecule has 2 aromatic rings. The minimum atomic E-state index is 0.719. The van der Waals surface area contributed by atoms with Gasteiger partial charge in [-0.2, -0.15) is 5.10 Å². The van der Waals surface area contributed by atoms with E-state index in [1.165, 1.54) is 0 Å². The van der Waals surface area contributed by atoms with Gasteiger partial charge in [-0.05, 0) is 0 Å². The summed E-state index contributed by atoms with van der Waals surface area (Å²) in [4.78, 5) is 0. The smallest absolute Gasteiger partial charge is 0.0707 e. The van der Waals surface area contributed by atoms with Gasteiger partial charge in [0, 0.05) is 18.0 Å². The van der Waals surface area contributed by atoms with Crippen LogP contribution in [0.25, 0.3) is 0 Å². The Morgan fingerprint density at radius 1 is 1.55 bits per heavy atom. The molecule has 0 saturated heterocycles. The number of hydrogen-bond acceptors (Lipinski definition) is 3. The second-order valence-corrected chi connectivity index (χ2v) is 2.21. The molecule has 2 aromatic heterocycles. The number of aromatic nitrogens is 5. The van der Waals surface area contributed by atoms with Crippen molar-refractivity contribution >= 4 is 0 Å². The van der Waals surface area contributed by atoms with E-state index >= 15 is 0 Å². The Morgan fingerprint density at radius 3 is 3.18 bits per heavy atom. The fourth-order valence-corrected chi connectivity index (χ4v) is 0.868. The molecule has 0 spiro atoms. The Labute approximate surface area is 63.0 Å². The summed E-state index contributed by atoms with van der Waals surface area (Å²) in [6.07, 6.45) is 7.07. The van der Waals surface area contributed by atoms with Crippen molar-refractivity contribution in [2.45, 2.75) is 6.54 Å². The van der Waals surface area contributed by atoms with Crippen LogP contribution in [-0.2, 0) is 6.54 Å². The van der Waals surface area contributed by atoms with Crippen LogP contribution in [0.1, 0.15) is 5.56 Å². The summed E-state index contributed by atoms with van der Waals surface area (Å²) >= 11 is 0. The van der Waals surface area contributed by atoms with Crippen molar-refractivity contribution in [2.24, 2.45) is 0 Å². The molecule has 0 unspecified atom stereocenters. The summed E-state index contributed by atoms with van der Waals surface area (Å²) in [5.41, 5.74) is 1.09. The first-order valence-corrected chi connectivity index (χ1v) is 3.27. The lowest BCUT2D eigenvalue weighted by Crippen LogP contribution is -1.98. The molecule has 5 nitrogen and oxygen atoms in total.